The van der Waals surface area contributed by atoms with Crippen molar-refractivity contribution in [2.24, 2.45) is 0 Å². The second-order valence-electron chi connectivity index (χ2n) is 5.96. The minimum atomic E-state index is -3.75. The van der Waals surface area contributed by atoms with Crippen molar-refractivity contribution in [1.29, 1.82) is 0 Å². The Hall–Kier alpha value is -2.82. The molecule has 0 bridgehead atoms. The highest BCUT2D eigenvalue weighted by molar-refractivity contribution is 7.89. The zero-order valence-corrected chi connectivity index (χ0v) is 16.1. The minimum absolute atomic E-state index is 0.00861. The van der Waals surface area contributed by atoms with E-state index in [2.05, 4.69) is 4.72 Å². The Morgan fingerprint density at radius 2 is 1.82 bits per heavy atom. The van der Waals surface area contributed by atoms with Crippen LogP contribution in [0.5, 0.6) is 0 Å². The zero-order chi connectivity index (χ0) is 20.7. The molecule has 2 rings (SSSR count). The second-order valence-corrected chi connectivity index (χ2v) is 7.68. The number of hydrogen-bond acceptors (Lipinski definition) is 7. The molecule has 10 heteroatoms. The second kappa shape index (κ2) is 9.40. The van der Waals surface area contributed by atoms with Gasteiger partial charge in [0.2, 0.25) is 10.0 Å². The van der Waals surface area contributed by atoms with Crippen LogP contribution in [0.15, 0.2) is 53.4 Å². The molecule has 0 aliphatic carbocycles. The third-order valence-electron chi connectivity index (χ3n) is 3.72. The number of rotatable bonds is 9. The van der Waals surface area contributed by atoms with Crippen LogP contribution in [0.25, 0.3) is 0 Å². The number of benzene rings is 2. The Morgan fingerprint density at radius 3 is 2.43 bits per heavy atom. The number of hydrogen-bond donors (Lipinski definition) is 1. The lowest BCUT2D eigenvalue weighted by Gasteiger charge is -2.13. The summed E-state index contributed by atoms with van der Waals surface area (Å²) >= 11 is 0. The standard InChI is InChI=1S/C18H20N2O7S/c1-13(11-26-2)19-28(24,25)16-9-7-14(8-10-16)18(21)27-12-15-5-3-4-6-17(15)20(22)23/h3-10,13,19H,11-12H2,1-2H3/t13-/m0/s1. The summed E-state index contributed by atoms with van der Waals surface area (Å²) in [4.78, 5) is 22.6. The van der Waals surface area contributed by atoms with E-state index in [1.54, 1.807) is 13.0 Å². The number of nitrogens with one attached hydrogen (secondary N) is 1. The summed E-state index contributed by atoms with van der Waals surface area (Å²) in [5, 5.41) is 11.0. The predicted octanol–water partition coefficient (Wildman–Crippen LogP) is 2.26. The highest BCUT2D eigenvalue weighted by atomic mass is 32.2. The topological polar surface area (TPSA) is 125 Å². The van der Waals surface area contributed by atoms with E-state index in [0.29, 0.717) is 0 Å². The Morgan fingerprint density at radius 1 is 1.18 bits per heavy atom. The molecule has 0 amide bonds. The molecule has 9 nitrogen and oxygen atoms in total. The van der Waals surface area contributed by atoms with Crippen LogP contribution in [0.3, 0.4) is 0 Å². The van der Waals surface area contributed by atoms with Gasteiger partial charge in [0.15, 0.2) is 0 Å². The van der Waals surface area contributed by atoms with Gasteiger partial charge in [0.05, 0.1) is 27.6 Å². The van der Waals surface area contributed by atoms with Gasteiger partial charge in [-0.2, -0.15) is 0 Å². The first kappa shape index (κ1) is 21.5. The van der Waals surface area contributed by atoms with E-state index >= 15 is 0 Å². The molecule has 0 fully saturated rings. The molecule has 0 aliphatic heterocycles. The number of nitro groups is 1. The fraction of sp³-hybridized carbons (Fsp3) is 0.278. The summed E-state index contributed by atoms with van der Waals surface area (Å²) in [5.74, 6) is -0.720. The number of esters is 1. The van der Waals surface area contributed by atoms with E-state index in [0.717, 1.165) is 0 Å². The van der Waals surface area contributed by atoms with Crippen LogP contribution in [0.2, 0.25) is 0 Å². The van der Waals surface area contributed by atoms with E-state index < -0.39 is 27.0 Å². The van der Waals surface area contributed by atoms with Gasteiger partial charge in [-0.05, 0) is 37.3 Å². The molecule has 1 N–H and O–H groups in total. The third-order valence-corrected chi connectivity index (χ3v) is 5.33. The van der Waals surface area contributed by atoms with Crippen LogP contribution in [-0.2, 0) is 26.1 Å². The fourth-order valence-electron chi connectivity index (χ4n) is 2.42. The number of carbonyl (C=O) groups is 1. The van der Waals surface area contributed by atoms with Crippen molar-refractivity contribution in [1.82, 2.24) is 4.72 Å². The lowest BCUT2D eigenvalue weighted by atomic mass is 10.2. The van der Waals surface area contributed by atoms with Crippen LogP contribution in [0, 0.1) is 10.1 Å². The van der Waals surface area contributed by atoms with Crippen molar-refractivity contribution >= 4 is 21.7 Å². The number of carbonyl (C=O) groups excluding carboxylic acids is 1. The van der Waals surface area contributed by atoms with Crippen molar-refractivity contribution < 1.29 is 27.6 Å². The lowest BCUT2D eigenvalue weighted by Crippen LogP contribution is -2.35. The van der Waals surface area contributed by atoms with Crippen LogP contribution < -0.4 is 4.72 Å². The smallest absolute Gasteiger partial charge is 0.338 e. The fourth-order valence-corrected chi connectivity index (χ4v) is 3.65. The summed E-state index contributed by atoms with van der Waals surface area (Å²) in [7, 11) is -2.28. The van der Waals surface area contributed by atoms with Gasteiger partial charge in [-0.1, -0.05) is 12.1 Å². The molecule has 0 radical (unpaired) electrons. The number of methoxy groups -OCH3 is 1. The maximum Gasteiger partial charge on any atom is 0.338 e. The molecule has 0 heterocycles. The molecule has 0 saturated carbocycles. The number of nitrogens with zero attached hydrogens (tertiary/aromatic N) is 1. The average molecular weight is 408 g/mol. The molecule has 28 heavy (non-hydrogen) atoms. The molecular weight excluding hydrogens is 388 g/mol. The van der Waals surface area contributed by atoms with Gasteiger partial charge >= 0.3 is 5.97 Å². The number of sulfonamides is 1. The van der Waals surface area contributed by atoms with Gasteiger partial charge in [-0.15, -0.1) is 0 Å². The molecule has 0 aromatic heterocycles. The van der Waals surface area contributed by atoms with Gasteiger partial charge in [0.25, 0.3) is 5.69 Å². The Balaban J connectivity index is 2.05. The van der Waals surface area contributed by atoms with E-state index in [1.807, 2.05) is 0 Å². The van der Waals surface area contributed by atoms with Gasteiger partial charge in [-0.25, -0.2) is 17.9 Å². The molecule has 0 unspecified atom stereocenters. The van der Waals surface area contributed by atoms with Crippen molar-refractivity contribution in [2.45, 2.75) is 24.5 Å². The Kier molecular flexibility index (Phi) is 7.21. The molecule has 150 valence electrons. The van der Waals surface area contributed by atoms with E-state index in [4.69, 9.17) is 9.47 Å². The number of nitro benzene ring substituents is 1. The third kappa shape index (κ3) is 5.59. The maximum absolute atomic E-state index is 12.3. The van der Waals surface area contributed by atoms with Crippen molar-refractivity contribution in [3.63, 3.8) is 0 Å². The molecule has 1 atom stereocenters. The zero-order valence-electron chi connectivity index (χ0n) is 15.3. The molecule has 2 aromatic carbocycles. The van der Waals surface area contributed by atoms with Crippen molar-refractivity contribution in [3.05, 3.63) is 69.8 Å². The maximum atomic E-state index is 12.3. The lowest BCUT2D eigenvalue weighted by molar-refractivity contribution is -0.385. The SMILES string of the molecule is COC[C@H](C)NS(=O)(=O)c1ccc(C(=O)OCc2ccccc2[N+](=O)[O-])cc1. The first-order valence-electron chi connectivity index (χ1n) is 8.25. The van der Waals surface area contributed by atoms with E-state index in [9.17, 15) is 23.3 Å². The molecule has 0 aliphatic rings. The quantitative estimate of drug-likeness (QED) is 0.383. The minimum Gasteiger partial charge on any atom is -0.457 e. The molecular formula is C18H20N2O7S. The largest absolute Gasteiger partial charge is 0.457 e. The van der Waals surface area contributed by atoms with Crippen LogP contribution in [-0.4, -0.2) is 39.1 Å². The molecule has 2 aromatic rings. The summed E-state index contributed by atoms with van der Waals surface area (Å²) in [6, 6.07) is 10.7. The van der Waals surface area contributed by atoms with E-state index in [1.165, 1.54) is 49.6 Å². The van der Waals surface area contributed by atoms with Gasteiger partial charge < -0.3 is 9.47 Å². The van der Waals surface area contributed by atoms with Crippen molar-refractivity contribution in [3.8, 4) is 0 Å². The van der Waals surface area contributed by atoms with Crippen molar-refractivity contribution in [2.75, 3.05) is 13.7 Å². The number of ether oxygens (including phenoxy) is 2. The first-order valence-corrected chi connectivity index (χ1v) is 9.73. The summed E-state index contributed by atoms with van der Waals surface area (Å²) in [5.41, 5.74) is 0.242. The van der Waals surface area contributed by atoms with Gasteiger partial charge in [-0.3, -0.25) is 10.1 Å². The summed E-state index contributed by atoms with van der Waals surface area (Å²) in [6.07, 6.45) is 0. The monoisotopic (exact) mass is 408 g/mol. The normalized spacial score (nSPS) is 12.4. The Bertz CT molecular complexity index is 943. The first-order chi connectivity index (χ1) is 13.2. The number of para-hydroxylation sites is 1. The highest BCUT2D eigenvalue weighted by Gasteiger charge is 2.19. The molecule has 0 saturated heterocycles. The summed E-state index contributed by atoms with van der Waals surface area (Å²) in [6.45, 7) is 1.61. The summed E-state index contributed by atoms with van der Waals surface area (Å²) < 4.78 is 37.0. The van der Waals surface area contributed by atoms with Gasteiger partial charge in [0, 0.05) is 19.2 Å². The van der Waals surface area contributed by atoms with Crippen LogP contribution in [0.1, 0.15) is 22.8 Å². The van der Waals surface area contributed by atoms with Crippen LogP contribution in [0.4, 0.5) is 5.69 Å². The predicted molar refractivity (Wildman–Crippen MR) is 100 cm³/mol. The van der Waals surface area contributed by atoms with Gasteiger partial charge in [0.1, 0.15) is 6.61 Å². The average Bonchev–Trinajstić information content (AvgIpc) is 2.66. The highest BCUT2D eigenvalue weighted by Crippen LogP contribution is 2.19. The molecule has 0 spiro atoms. The Labute approximate surface area is 162 Å². The van der Waals surface area contributed by atoms with Crippen LogP contribution >= 0.6 is 0 Å². The van der Waals surface area contributed by atoms with E-state index in [-0.39, 0.29) is 34.9 Å².